The summed E-state index contributed by atoms with van der Waals surface area (Å²) in [5, 5.41) is 0. The molecule has 0 unspecified atom stereocenters. The molecular formula is C16H23NO. The lowest BCUT2D eigenvalue weighted by molar-refractivity contribution is -0.126. The summed E-state index contributed by atoms with van der Waals surface area (Å²) in [6, 6.07) is 8.86. The first-order valence-corrected chi connectivity index (χ1v) is 6.68. The van der Waals surface area contributed by atoms with Gasteiger partial charge in [-0.3, -0.25) is 9.69 Å². The molecule has 0 atom stereocenters. The number of carbonyl (C=O) groups excluding carboxylic acids is 1. The molecule has 1 aromatic carbocycles. The molecule has 2 heteroatoms. The van der Waals surface area contributed by atoms with Crippen molar-refractivity contribution in [3.05, 3.63) is 35.4 Å². The summed E-state index contributed by atoms with van der Waals surface area (Å²) in [6.07, 6.45) is 0. The van der Waals surface area contributed by atoms with Crippen molar-refractivity contribution in [3.8, 4) is 0 Å². The number of rotatable bonds is 3. The first-order valence-electron chi connectivity index (χ1n) is 6.68. The molecule has 1 aliphatic heterocycles. The molecule has 2 nitrogen and oxygen atoms in total. The Hall–Kier alpha value is -1.15. The molecule has 0 aliphatic carbocycles. The standard InChI is InChI=1S/C16H23NO/c1-12(18)14-10-17(11-14)9-13-5-7-15(8-6-13)16(2,3)4/h5-8,14H,9-11H2,1-4H3. The Kier molecular flexibility index (Phi) is 3.58. The highest BCUT2D eigenvalue weighted by atomic mass is 16.1. The Balaban J connectivity index is 1.90. The van der Waals surface area contributed by atoms with Crippen molar-refractivity contribution >= 4 is 5.78 Å². The smallest absolute Gasteiger partial charge is 0.135 e. The van der Waals surface area contributed by atoms with Crippen molar-refractivity contribution in [1.29, 1.82) is 0 Å². The van der Waals surface area contributed by atoms with Crippen LogP contribution in [0.4, 0.5) is 0 Å². The van der Waals surface area contributed by atoms with Crippen LogP contribution in [0.5, 0.6) is 0 Å². The Morgan fingerprint density at radius 3 is 2.22 bits per heavy atom. The molecule has 0 N–H and O–H groups in total. The molecule has 18 heavy (non-hydrogen) atoms. The Morgan fingerprint density at radius 2 is 1.78 bits per heavy atom. The van der Waals surface area contributed by atoms with Gasteiger partial charge in [0, 0.05) is 25.6 Å². The molecular weight excluding hydrogens is 222 g/mol. The number of benzene rings is 1. The van der Waals surface area contributed by atoms with E-state index in [4.69, 9.17) is 0 Å². The van der Waals surface area contributed by atoms with E-state index in [1.165, 1.54) is 11.1 Å². The number of carbonyl (C=O) groups is 1. The van der Waals surface area contributed by atoms with E-state index >= 15 is 0 Å². The first kappa shape index (κ1) is 13.3. The minimum atomic E-state index is 0.217. The van der Waals surface area contributed by atoms with Gasteiger partial charge in [-0.1, -0.05) is 45.0 Å². The maximum absolute atomic E-state index is 11.2. The molecule has 1 aromatic rings. The van der Waals surface area contributed by atoms with E-state index in [1.54, 1.807) is 6.92 Å². The second-order valence-corrected chi connectivity index (χ2v) is 6.45. The van der Waals surface area contributed by atoms with Gasteiger partial charge in [-0.15, -0.1) is 0 Å². The Morgan fingerprint density at radius 1 is 1.22 bits per heavy atom. The molecule has 1 saturated heterocycles. The Bertz CT molecular complexity index is 421. The molecule has 2 rings (SSSR count). The zero-order chi connectivity index (χ0) is 13.3. The second-order valence-electron chi connectivity index (χ2n) is 6.45. The van der Waals surface area contributed by atoms with Gasteiger partial charge in [0.2, 0.25) is 0 Å². The van der Waals surface area contributed by atoms with Gasteiger partial charge >= 0.3 is 0 Å². The van der Waals surface area contributed by atoms with Crippen molar-refractivity contribution in [2.75, 3.05) is 13.1 Å². The van der Waals surface area contributed by atoms with E-state index in [2.05, 4.69) is 49.9 Å². The fourth-order valence-electron chi connectivity index (χ4n) is 2.32. The number of ketones is 1. The van der Waals surface area contributed by atoms with Crippen LogP contribution in [-0.4, -0.2) is 23.8 Å². The van der Waals surface area contributed by atoms with Crippen molar-refractivity contribution < 1.29 is 4.79 Å². The maximum atomic E-state index is 11.2. The molecule has 0 spiro atoms. The number of hydrogen-bond acceptors (Lipinski definition) is 2. The molecule has 1 heterocycles. The first-order chi connectivity index (χ1) is 8.36. The minimum absolute atomic E-state index is 0.217. The van der Waals surface area contributed by atoms with E-state index in [-0.39, 0.29) is 11.3 Å². The third-order valence-electron chi connectivity index (χ3n) is 3.76. The second kappa shape index (κ2) is 4.85. The van der Waals surface area contributed by atoms with Crippen LogP contribution in [0.3, 0.4) is 0 Å². The third kappa shape index (κ3) is 2.99. The van der Waals surface area contributed by atoms with Gasteiger partial charge in [-0.25, -0.2) is 0 Å². The zero-order valence-corrected chi connectivity index (χ0v) is 11.9. The summed E-state index contributed by atoms with van der Waals surface area (Å²) in [6.45, 7) is 11.2. The highest BCUT2D eigenvalue weighted by molar-refractivity contribution is 5.79. The van der Waals surface area contributed by atoms with Gasteiger partial charge in [0.1, 0.15) is 5.78 Å². The molecule has 0 amide bonds. The van der Waals surface area contributed by atoms with Crippen LogP contribution in [0.25, 0.3) is 0 Å². The summed E-state index contributed by atoms with van der Waals surface area (Å²) in [4.78, 5) is 13.5. The van der Waals surface area contributed by atoms with E-state index < -0.39 is 0 Å². The van der Waals surface area contributed by atoms with Crippen LogP contribution < -0.4 is 0 Å². The highest BCUT2D eigenvalue weighted by Crippen LogP contribution is 2.24. The van der Waals surface area contributed by atoms with Crippen LogP contribution in [0.2, 0.25) is 0 Å². The van der Waals surface area contributed by atoms with E-state index in [1.807, 2.05) is 0 Å². The van der Waals surface area contributed by atoms with Crippen LogP contribution in [0.15, 0.2) is 24.3 Å². The molecule has 0 bridgehead atoms. The topological polar surface area (TPSA) is 20.3 Å². The normalized spacial score (nSPS) is 17.6. The van der Waals surface area contributed by atoms with Crippen molar-refractivity contribution in [3.63, 3.8) is 0 Å². The van der Waals surface area contributed by atoms with Crippen molar-refractivity contribution in [2.24, 2.45) is 5.92 Å². The molecule has 1 aliphatic rings. The van der Waals surface area contributed by atoms with Gasteiger partial charge in [-0.05, 0) is 23.5 Å². The van der Waals surface area contributed by atoms with Crippen LogP contribution in [-0.2, 0) is 16.8 Å². The van der Waals surface area contributed by atoms with Gasteiger partial charge < -0.3 is 0 Å². The number of nitrogens with zero attached hydrogens (tertiary/aromatic N) is 1. The van der Waals surface area contributed by atoms with Gasteiger partial charge in [0.15, 0.2) is 0 Å². The lowest BCUT2D eigenvalue weighted by atomic mass is 9.86. The van der Waals surface area contributed by atoms with Gasteiger partial charge in [0.05, 0.1) is 0 Å². The summed E-state index contributed by atoms with van der Waals surface area (Å²) in [5.41, 5.74) is 2.93. The average Bonchev–Trinajstić information content (AvgIpc) is 2.21. The van der Waals surface area contributed by atoms with Crippen molar-refractivity contribution in [2.45, 2.75) is 39.7 Å². The van der Waals surface area contributed by atoms with Gasteiger partial charge in [-0.2, -0.15) is 0 Å². The lowest BCUT2D eigenvalue weighted by Gasteiger charge is -2.37. The Labute approximate surface area is 110 Å². The van der Waals surface area contributed by atoms with E-state index in [0.29, 0.717) is 5.78 Å². The molecule has 0 aromatic heterocycles. The highest BCUT2D eigenvalue weighted by Gasteiger charge is 2.29. The fraction of sp³-hybridized carbons (Fsp3) is 0.562. The zero-order valence-electron chi connectivity index (χ0n) is 11.9. The summed E-state index contributed by atoms with van der Waals surface area (Å²) >= 11 is 0. The predicted octanol–water partition coefficient (Wildman–Crippen LogP) is 3.00. The van der Waals surface area contributed by atoms with Crippen LogP contribution in [0.1, 0.15) is 38.8 Å². The van der Waals surface area contributed by atoms with E-state index in [9.17, 15) is 4.79 Å². The maximum Gasteiger partial charge on any atom is 0.135 e. The lowest BCUT2D eigenvalue weighted by Crippen LogP contribution is -2.48. The molecule has 1 fully saturated rings. The monoisotopic (exact) mass is 245 g/mol. The van der Waals surface area contributed by atoms with Crippen molar-refractivity contribution in [1.82, 2.24) is 4.90 Å². The molecule has 98 valence electrons. The quantitative estimate of drug-likeness (QED) is 0.816. The van der Waals surface area contributed by atoms with Gasteiger partial charge in [0.25, 0.3) is 0 Å². The average molecular weight is 245 g/mol. The van der Waals surface area contributed by atoms with E-state index in [0.717, 1.165) is 19.6 Å². The third-order valence-corrected chi connectivity index (χ3v) is 3.76. The van der Waals surface area contributed by atoms with Crippen LogP contribution in [0, 0.1) is 5.92 Å². The predicted molar refractivity (Wildman–Crippen MR) is 74.6 cm³/mol. The number of Topliss-reactive ketones (excluding diaryl/α,β-unsaturated/α-hetero) is 1. The number of hydrogen-bond donors (Lipinski definition) is 0. The number of likely N-dealkylation sites (tertiary alicyclic amines) is 1. The summed E-state index contributed by atoms with van der Waals surface area (Å²) < 4.78 is 0. The van der Waals surface area contributed by atoms with Crippen LogP contribution >= 0.6 is 0 Å². The fourth-order valence-corrected chi connectivity index (χ4v) is 2.32. The summed E-state index contributed by atoms with van der Waals surface area (Å²) in [7, 11) is 0. The largest absolute Gasteiger partial charge is 0.300 e. The molecule has 0 saturated carbocycles. The minimum Gasteiger partial charge on any atom is -0.300 e. The summed E-state index contributed by atoms with van der Waals surface area (Å²) in [5.74, 6) is 0.605. The molecule has 0 radical (unpaired) electrons. The SMILES string of the molecule is CC(=O)C1CN(Cc2ccc(C(C)(C)C)cc2)C1.